The number of hydrogen-bond donors (Lipinski definition) is 1. The van der Waals surface area contributed by atoms with Crippen molar-refractivity contribution < 1.29 is 9.13 Å². The third kappa shape index (κ3) is 2.55. The van der Waals surface area contributed by atoms with Crippen LogP contribution in [-0.2, 0) is 7.05 Å². The van der Waals surface area contributed by atoms with Crippen LogP contribution in [0.3, 0.4) is 0 Å². The lowest BCUT2D eigenvalue weighted by molar-refractivity contribution is 0.322. The summed E-state index contributed by atoms with van der Waals surface area (Å²) in [5, 5.41) is 7.06. The number of nitrogens with zero attached hydrogens (tertiary/aromatic N) is 4. The fraction of sp³-hybridized carbons (Fsp3) is 0.167. The van der Waals surface area contributed by atoms with E-state index in [0.717, 1.165) is 11.3 Å². The van der Waals surface area contributed by atoms with E-state index in [1.54, 1.807) is 36.1 Å². The molecule has 1 N–H and O–H groups in total. The standard InChI is InChI=1S/C18H16FN5O2/c1-3-26-16-8-11(4-5-13(16)19)14-9-17(25)24-18(22-14)12(10-21-24)15-6-7-20-23(15)2/h4-10,21H,3H2,1-2H3. The summed E-state index contributed by atoms with van der Waals surface area (Å²) < 4.78 is 22.2. The van der Waals surface area contributed by atoms with Gasteiger partial charge in [0.15, 0.2) is 17.2 Å². The molecule has 0 saturated carbocycles. The van der Waals surface area contributed by atoms with Gasteiger partial charge in [-0.05, 0) is 31.2 Å². The quantitative estimate of drug-likeness (QED) is 0.612. The number of rotatable bonds is 4. The van der Waals surface area contributed by atoms with Crippen molar-refractivity contribution in [1.29, 1.82) is 0 Å². The number of aryl methyl sites for hydroxylation is 1. The van der Waals surface area contributed by atoms with Crippen LogP contribution in [0.1, 0.15) is 6.92 Å². The van der Waals surface area contributed by atoms with E-state index in [1.165, 1.54) is 16.6 Å². The molecule has 0 amide bonds. The lowest BCUT2D eigenvalue weighted by atomic mass is 10.1. The molecule has 0 radical (unpaired) electrons. The molecular formula is C18H16FN5O2. The first-order valence-electron chi connectivity index (χ1n) is 8.10. The van der Waals surface area contributed by atoms with Gasteiger partial charge in [-0.1, -0.05) is 0 Å². The van der Waals surface area contributed by atoms with Crippen molar-refractivity contribution in [2.75, 3.05) is 6.61 Å². The minimum absolute atomic E-state index is 0.132. The van der Waals surface area contributed by atoms with Gasteiger partial charge in [0, 0.05) is 31.1 Å². The molecule has 0 aliphatic carbocycles. The SMILES string of the molecule is CCOc1cc(-c2cc(=O)n3[nH]cc(-c4ccnn4C)c3n2)ccc1F. The molecule has 26 heavy (non-hydrogen) atoms. The Kier molecular flexibility index (Phi) is 3.80. The number of hydrogen-bond acceptors (Lipinski definition) is 4. The topological polar surface area (TPSA) is 77.2 Å². The number of ether oxygens (including phenoxy) is 1. The summed E-state index contributed by atoms with van der Waals surface area (Å²) in [6, 6.07) is 7.68. The highest BCUT2D eigenvalue weighted by molar-refractivity contribution is 5.76. The Morgan fingerprint density at radius 2 is 2.12 bits per heavy atom. The van der Waals surface area contributed by atoms with Crippen molar-refractivity contribution in [3.8, 4) is 28.3 Å². The number of aromatic nitrogens is 5. The molecule has 8 heteroatoms. The van der Waals surface area contributed by atoms with E-state index in [9.17, 15) is 9.18 Å². The lowest BCUT2D eigenvalue weighted by Gasteiger charge is -2.08. The Balaban J connectivity index is 1.91. The van der Waals surface area contributed by atoms with Gasteiger partial charge >= 0.3 is 0 Å². The van der Waals surface area contributed by atoms with Gasteiger partial charge in [0.2, 0.25) is 0 Å². The summed E-state index contributed by atoms with van der Waals surface area (Å²) in [5.74, 6) is -0.321. The smallest absolute Gasteiger partial charge is 0.273 e. The minimum atomic E-state index is -0.453. The van der Waals surface area contributed by atoms with E-state index >= 15 is 0 Å². The highest BCUT2D eigenvalue weighted by atomic mass is 19.1. The van der Waals surface area contributed by atoms with Crippen molar-refractivity contribution in [3.63, 3.8) is 0 Å². The van der Waals surface area contributed by atoms with E-state index in [4.69, 9.17) is 4.74 Å². The van der Waals surface area contributed by atoms with Crippen molar-refractivity contribution >= 4 is 5.65 Å². The largest absolute Gasteiger partial charge is 0.491 e. The summed E-state index contributed by atoms with van der Waals surface area (Å²) in [6.07, 6.45) is 3.38. The normalized spacial score (nSPS) is 11.2. The zero-order valence-electron chi connectivity index (χ0n) is 14.2. The Hall–Kier alpha value is -3.42. The number of aromatic amines is 1. The first-order valence-corrected chi connectivity index (χ1v) is 8.10. The van der Waals surface area contributed by atoms with Crippen LogP contribution in [0.5, 0.6) is 5.75 Å². The number of fused-ring (bicyclic) bond motifs is 1. The molecular weight excluding hydrogens is 337 g/mol. The molecule has 0 atom stereocenters. The van der Waals surface area contributed by atoms with Crippen LogP contribution in [0.25, 0.3) is 28.2 Å². The van der Waals surface area contributed by atoms with Crippen LogP contribution in [0, 0.1) is 5.82 Å². The summed E-state index contributed by atoms with van der Waals surface area (Å²) in [7, 11) is 1.81. The number of halogens is 1. The Morgan fingerprint density at radius 3 is 2.85 bits per heavy atom. The van der Waals surface area contributed by atoms with Gasteiger partial charge in [-0.2, -0.15) is 5.10 Å². The lowest BCUT2D eigenvalue weighted by Crippen LogP contribution is -2.14. The van der Waals surface area contributed by atoms with Crippen LogP contribution < -0.4 is 10.3 Å². The second-order valence-corrected chi connectivity index (χ2v) is 5.74. The Bertz CT molecular complexity index is 1160. The maximum Gasteiger partial charge on any atom is 0.273 e. The molecule has 0 unspecified atom stereocenters. The van der Waals surface area contributed by atoms with Gasteiger partial charge in [-0.25, -0.2) is 13.9 Å². The fourth-order valence-corrected chi connectivity index (χ4v) is 2.88. The van der Waals surface area contributed by atoms with Crippen LogP contribution in [0.15, 0.2) is 47.5 Å². The third-order valence-corrected chi connectivity index (χ3v) is 4.12. The zero-order chi connectivity index (χ0) is 18.3. The monoisotopic (exact) mass is 353 g/mol. The van der Waals surface area contributed by atoms with Crippen LogP contribution in [0.2, 0.25) is 0 Å². The van der Waals surface area contributed by atoms with Crippen LogP contribution >= 0.6 is 0 Å². The Labute approximate surface area is 147 Å². The summed E-state index contributed by atoms with van der Waals surface area (Å²) in [4.78, 5) is 17.1. The van der Waals surface area contributed by atoms with Crippen LogP contribution in [-0.4, -0.2) is 31.0 Å². The maximum absolute atomic E-state index is 13.8. The van der Waals surface area contributed by atoms with E-state index in [1.807, 2.05) is 13.1 Å². The molecule has 0 fully saturated rings. The predicted molar refractivity (Wildman–Crippen MR) is 94.6 cm³/mol. The minimum Gasteiger partial charge on any atom is -0.491 e. The molecule has 0 bridgehead atoms. The first kappa shape index (κ1) is 16.1. The number of benzene rings is 1. The number of nitrogens with one attached hydrogen (secondary N) is 1. The average molecular weight is 353 g/mol. The van der Waals surface area contributed by atoms with Gasteiger partial charge in [0.25, 0.3) is 5.56 Å². The molecule has 4 rings (SSSR count). The molecule has 1 aromatic carbocycles. The van der Waals surface area contributed by atoms with Crippen molar-refractivity contribution in [2.24, 2.45) is 7.05 Å². The molecule has 0 saturated heterocycles. The first-order chi connectivity index (χ1) is 12.6. The van der Waals surface area contributed by atoms with Crippen molar-refractivity contribution in [3.05, 3.63) is 58.9 Å². The van der Waals surface area contributed by atoms with E-state index < -0.39 is 5.82 Å². The fourth-order valence-electron chi connectivity index (χ4n) is 2.88. The second kappa shape index (κ2) is 6.14. The maximum atomic E-state index is 13.8. The highest BCUT2D eigenvalue weighted by Gasteiger charge is 2.15. The van der Waals surface area contributed by atoms with Crippen molar-refractivity contribution in [2.45, 2.75) is 6.92 Å². The molecule has 4 aromatic rings. The summed E-state index contributed by atoms with van der Waals surface area (Å²) >= 11 is 0. The van der Waals surface area contributed by atoms with E-state index in [-0.39, 0.29) is 11.3 Å². The molecule has 0 spiro atoms. The summed E-state index contributed by atoms with van der Waals surface area (Å²) in [5.41, 5.74) is 2.82. The van der Waals surface area contributed by atoms with Gasteiger partial charge in [-0.3, -0.25) is 14.6 Å². The van der Waals surface area contributed by atoms with Gasteiger partial charge in [0.1, 0.15) is 0 Å². The molecule has 3 heterocycles. The zero-order valence-corrected chi connectivity index (χ0v) is 14.2. The second-order valence-electron chi connectivity index (χ2n) is 5.74. The van der Waals surface area contributed by atoms with E-state index in [0.29, 0.717) is 23.5 Å². The average Bonchev–Trinajstić information content (AvgIpc) is 3.23. The highest BCUT2D eigenvalue weighted by Crippen LogP contribution is 2.27. The molecule has 7 nitrogen and oxygen atoms in total. The summed E-state index contributed by atoms with van der Waals surface area (Å²) in [6.45, 7) is 2.13. The van der Waals surface area contributed by atoms with Crippen LogP contribution in [0.4, 0.5) is 4.39 Å². The van der Waals surface area contributed by atoms with Gasteiger partial charge in [-0.15, -0.1) is 0 Å². The van der Waals surface area contributed by atoms with Crippen molar-refractivity contribution in [1.82, 2.24) is 24.4 Å². The number of H-pyrrole nitrogens is 1. The molecule has 132 valence electrons. The molecule has 3 aromatic heterocycles. The predicted octanol–water partition coefficient (Wildman–Crippen LogP) is 2.63. The molecule has 0 aliphatic rings. The van der Waals surface area contributed by atoms with E-state index in [2.05, 4.69) is 15.2 Å². The van der Waals surface area contributed by atoms with Gasteiger partial charge in [0.05, 0.1) is 23.6 Å². The molecule has 0 aliphatic heterocycles. The third-order valence-electron chi connectivity index (χ3n) is 4.12. The van der Waals surface area contributed by atoms with Gasteiger partial charge < -0.3 is 4.74 Å². The Morgan fingerprint density at radius 1 is 1.27 bits per heavy atom.